The summed E-state index contributed by atoms with van der Waals surface area (Å²) in [5, 5.41) is 11.1. The molecule has 1 N–H and O–H groups in total. The summed E-state index contributed by atoms with van der Waals surface area (Å²) >= 11 is 0. The van der Waals surface area contributed by atoms with Crippen molar-refractivity contribution in [3.8, 4) is 5.75 Å². The Morgan fingerprint density at radius 3 is 2.68 bits per heavy atom. The third-order valence-corrected chi connectivity index (χ3v) is 4.55. The normalized spacial score (nSPS) is 16.6. The Hall–Kier alpha value is -1.85. The molecule has 1 aromatic heterocycles. The van der Waals surface area contributed by atoms with Crippen LogP contribution in [-0.4, -0.2) is 42.4 Å². The number of rotatable bonds is 7. The molecule has 0 spiro atoms. The van der Waals surface area contributed by atoms with Crippen molar-refractivity contribution in [2.75, 3.05) is 26.2 Å². The summed E-state index contributed by atoms with van der Waals surface area (Å²) in [5.74, 6) is 0.863. The van der Waals surface area contributed by atoms with Crippen LogP contribution < -0.4 is 10.4 Å². The van der Waals surface area contributed by atoms with Crippen molar-refractivity contribution in [1.82, 2.24) is 4.90 Å². The number of benzene rings is 1. The second-order valence-corrected chi connectivity index (χ2v) is 7.26. The lowest BCUT2D eigenvalue weighted by Gasteiger charge is -2.21. The van der Waals surface area contributed by atoms with Gasteiger partial charge in [0.15, 0.2) is 0 Å². The number of aliphatic hydroxyl groups is 1. The summed E-state index contributed by atoms with van der Waals surface area (Å²) in [6, 6.07) is 7.39. The molecular weight excluding hydrogens is 318 g/mol. The van der Waals surface area contributed by atoms with E-state index in [1.54, 1.807) is 6.07 Å². The third kappa shape index (κ3) is 4.41. The summed E-state index contributed by atoms with van der Waals surface area (Å²) in [6.07, 6.45) is 2.40. The van der Waals surface area contributed by atoms with Gasteiger partial charge in [-0.05, 0) is 50.4 Å². The molecule has 0 saturated carbocycles. The van der Waals surface area contributed by atoms with Gasteiger partial charge in [-0.15, -0.1) is 0 Å². The van der Waals surface area contributed by atoms with Gasteiger partial charge in [-0.2, -0.15) is 0 Å². The van der Waals surface area contributed by atoms with E-state index >= 15 is 0 Å². The number of ether oxygens (including phenoxy) is 1. The van der Waals surface area contributed by atoms with Gasteiger partial charge in [0.25, 0.3) is 0 Å². The first-order chi connectivity index (χ1) is 12.0. The van der Waals surface area contributed by atoms with Gasteiger partial charge in [0.05, 0.1) is 10.9 Å². The van der Waals surface area contributed by atoms with Crippen LogP contribution in [0.15, 0.2) is 33.5 Å². The van der Waals surface area contributed by atoms with E-state index in [1.165, 1.54) is 12.8 Å². The maximum absolute atomic E-state index is 12.4. The molecule has 1 atom stereocenters. The second-order valence-electron chi connectivity index (χ2n) is 7.26. The average Bonchev–Trinajstić information content (AvgIpc) is 3.07. The maximum Gasteiger partial charge on any atom is 0.343 e. The molecule has 0 radical (unpaired) electrons. The Bertz CT molecular complexity index is 762. The van der Waals surface area contributed by atoms with Crippen LogP contribution in [0.3, 0.4) is 0 Å². The number of aliphatic hydroxyl groups excluding tert-OH is 1. The zero-order valence-electron chi connectivity index (χ0n) is 15.0. The van der Waals surface area contributed by atoms with Crippen molar-refractivity contribution in [3.05, 3.63) is 40.2 Å². The Morgan fingerprint density at radius 2 is 1.96 bits per heavy atom. The molecule has 5 nitrogen and oxygen atoms in total. The summed E-state index contributed by atoms with van der Waals surface area (Å²) in [7, 11) is 0. The standard InChI is InChI=1S/C20H27NO4/c1-14(2)11-17-19(16-7-3-4-8-18(16)25-20(17)23)24-13-15(22)12-21-9-5-6-10-21/h3-4,7-8,14-15,22H,5-6,9-13H2,1-2H3. The van der Waals surface area contributed by atoms with Crippen molar-refractivity contribution in [1.29, 1.82) is 0 Å². The van der Waals surface area contributed by atoms with Crippen molar-refractivity contribution in [2.24, 2.45) is 5.92 Å². The van der Waals surface area contributed by atoms with E-state index < -0.39 is 6.10 Å². The van der Waals surface area contributed by atoms with Gasteiger partial charge >= 0.3 is 5.63 Å². The highest BCUT2D eigenvalue weighted by molar-refractivity contribution is 5.84. The molecule has 1 aromatic carbocycles. The first kappa shape index (κ1) is 18.0. The summed E-state index contributed by atoms with van der Waals surface area (Å²) in [4.78, 5) is 14.6. The Balaban J connectivity index is 1.83. The fraction of sp³-hybridized carbons (Fsp3) is 0.550. The van der Waals surface area contributed by atoms with E-state index in [2.05, 4.69) is 18.7 Å². The highest BCUT2D eigenvalue weighted by atomic mass is 16.5. The number of para-hydroxylation sites is 1. The van der Waals surface area contributed by atoms with Crippen LogP contribution in [0.1, 0.15) is 32.3 Å². The van der Waals surface area contributed by atoms with Gasteiger partial charge in [0.1, 0.15) is 24.0 Å². The fourth-order valence-corrected chi connectivity index (χ4v) is 3.40. The fourth-order valence-electron chi connectivity index (χ4n) is 3.40. The number of likely N-dealkylation sites (tertiary alicyclic amines) is 1. The largest absolute Gasteiger partial charge is 0.490 e. The van der Waals surface area contributed by atoms with E-state index in [1.807, 2.05) is 18.2 Å². The second kappa shape index (κ2) is 8.02. The summed E-state index contributed by atoms with van der Waals surface area (Å²) in [5.41, 5.74) is 0.725. The van der Waals surface area contributed by atoms with Crippen LogP contribution in [0.2, 0.25) is 0 Å². The predicted octanol–water partition coefficient (Wildman–Crippen LogP) is 2.83. The molecule has 136 valence electrons. The van der Waals surface area contributed by atoms with Crippen molar-refractivity contribution in [2.45, 2.75) is 39.2 Å². The molecule has 0 aliphatic carbocycles. The zero-order chi connectivity index (χ0) is 17.8. The highest BCUT2D eigenvalue weighted by Gasteiger charge is 2.20. The Kier molecular flexibility index (Phi) is 5.76. The van der Waals surface area contributed by atoms with Gasteiger partial charge in [-0.25, -0.2) is 4.79 Å². The third-order valence-electron chi connectivity index (χ3n) is 4.55. The highest BCUT2D eigenvalue weighted by Crippen LogP contribution is 2.29. The van der Waals surface area contributed by atoms with Crippen molar-refractivity contribution in [3.63, 3.8) is 0 Å². The molecule has 1 fully saturated rings. The Labute approximate surface area is 148 Å². The van der Waals surface area contributed by atoms with Gasteiger partial charge in [-0.3, -0.25) is 0 Å². The lowest BCUT2D eigenvalue weighted by atomic mass is 10.0. The van der Waals surface area contributed by atoms with Crippen LogP contribution in [0.5, 0.6) is 5.75 Å². The predicted molar refractivity (Wildman–Crippen MR) is 98.2 cm³/mol. The molecule has 2 heterocycles. The number of nitrogens with zero attached hydrogens (tertiary/aromatic N) is 1. The number of fused-ring (bicyclic) bond motifs is 1. The summed E-state index contributed by atoms with van der Waals surface area (Å²) < 4.78 is 11.4. The van der Waals surface area contributed by atoms with E-state index in [-0.39, 0.29) is 12.2 Å². The maximum atomic E-state index is 12.4. The van der Waals surface area contributed by atoms with Gasteiger partial charge in [0, 0.05) is 6.54 Å². The van der Waals surface area contributed by atoms with Crippen LogP contribution in [0, 0.1) is 5.92 Å². The van der Waals surface area contributed by atoms with E-state index in [0.29, 0.717) is 35.8 Å². The zero-order valence-corrected chi connectivity index (χ0v) is 15.0. The van der Waals surface area contributed by atoms with E-state index in [0.717, 1.165) is 18.5 Å². The van der Waals surface area contributed by atoms with Crippen LogP contribution in [-0.2, 0) is 6.42 Å². The Morgan fingerprint density at radius 1 is 1.24 bits per heavy atom. The van der Waals surface area contributed by atoms with Gasteiger partial charge in [0.2, 0.25) is 0 Å². The molecule has 0 bridgehead atoms. The van der Waals surface area contributed by atoms with E-state index in [9.17, 15) is 9.90 Å². The molecule has 3 rings (SSSR count). The van der Waals surface area contributed by atoms with Gasteiger partial charge in [-0.1, -0.05) is 26.0 Å². The molecule has 1 aliphatic rings. The van der Waals surface area contributed by atoms with Gasteiger partial charge < -0.3 is 19.2 Å². The lowest BCUT2D eigenvalue weighted by Crippen LogP contribution is -2.34. The van der Waals surface area contributed by atoms with Crippen molar-refractivity contribution < 1.29 is 14.3 Å². The number of hydrogen-bond donors (Lipinski definition) is 1. The van der Waals surface area contributed by atoms with Crippen LogP contribution in [0.4, 0.5) is 0 Å². The molecule has 5 heteroatoms. The quantitative estimate of drug-likeness (QED) is 0.782. The molecule has 1 unspecified atom stereocenters. The molecule has 0 amide bonds. The number of hydrogen-bond acceptors (Lipinski definition) is 5. The molecule has 1 aliphatic heterocycles. The molecule has 1 saturated heterocycles. The first-order valence-corrected chi connectivity index (χ1v) is 9.12. The molecule has 2 aromatic rings. The summed E-state index contributed by atoms with van der Waals surface area (Å²) in [6.45, 7) is 6.97. The van der Waals surface area contributed by atoms with E-state index in [4.69, 9.17) is 9.15 Å². The topological polar surface area (TPSA) is 62.9 Å². The van der Waals surface area contributed by atoms with Crippen molar-refractivity contribution >= 4 is 11.0 Å². The average molecular weight is 345 g/mol. The first-order valence-electron chi connectivity index (χ1n) is 9.12. The number of β-amino-alcohol motifs (C(OH)–C–C–N with tert-alkyl or cyclic N) is 1. The van der Waals surface area contributed by atoms with Crippen LogP contribution in [0.25, 0.3) is 11.0 Å². The smallest absolute Gasteiger partial charge is 0.343 e. The minimum atomic E-state index is -0.573. The van der Waals surface area contributed by atoms with Crippen LogP contribution >= 0.6 is 0 Å². The lowest BCUT2D eigenvalue weighted by molar-refractivity contribution is 0.0758. The molecule has 25 heavy (non-hydrogen) atoms. The SMILES string of the molecule is CC(C)Cc1c(OCC(O)CN2CCCC2)c2ccccc2oc1=O. The monoisotopic (exact) mass is 345 g/mol. The molecular formula is C20H27NO4. The minimum Gasteiger partial charge on any atom is -0.490 e. The minimum absolute atomic E-state index is 0.176.